The number of nitrogens with one attached hydrogen (secondary N) is 1. The molecule has 2 aromatic carbocycles. The Morgan fingerprint density at radius 3 is 2.77 bits per heavy atom. The van der Waals surface area contributed by atoms with Crippen LogP contribution >= 0.6 is 0 Å². The van der Waals surface area contributed by atoms with E-state index in [1.165, 1.54) is 0 Å². The Morgan fingerprint density at radius 1 is 1.19 bits per heavy atom. The minimum atomic E-state index is -0.214. The van der Waals surface area contributed by atoms with Gasteiger partial charge in [-0.05, 0) is 49.1 Å². The molecule has 1 fully saturated rings. The van der Waals surface area contributed by atoms with Gasteiger partial charge < -0.3 is 15.0 Å². The summed E-state index contributed by atoms with van der Waals surface area (Å²) < 4.78 is 5.29. The molecule has 5 nitrogen and oxygen atoms in total. The van der Waals surface area contributed by atoms with E-state index in [2.05, 4.69) is 5.32 Å². The summed E-state index contributed by atoms with van der Waals surface area (Å²) in [5, 5.41) is 2.76. The predicted molar refractivity (Wildman–Crippen MR) is 100 cm³/mol. The average molecular weight is 352 g/mol. The van der Waals surface area contributed by atoms with Crippen molar-refractivity contribution in [2.45, 2.75) is 25.8 Å². The Morgan fingerprint density at radius 2 is 2.00 bits per heavy atom. The van der Waals surface area contributed by atoms with Crippen molar-refractivity contribution in [3.05, 3.63) is 65.2 Å². The van der Waals surface area contributed by atoms with Crippen LogP contribution in [0.4, 0.5) is 0 Å². The number of likely N-dealkylation sites (tertiary alicyclic amines) is 1. The molecule has 1 N–H and O–H groups in total. The van der Waals surface area contributed by atoms with Gasteiger partial charge in [-0.1, -0.05) is 30.3 Å². The highest BCUT2D eigenvalue weighted by Gasteiger charge is 2.30. The van der Waals surface area contributed by atoms with Gasteiger partial charge in [-0.3, -0.25) is 9.59 Å². The van der Waals surface area contributed by atoms with E-state index in [0.717, 1.165) is 29.7 Å². The number of benzene rings is 2. The van der Waals surface area contributed by atoms with Crippen molar-refractivity contribution in [1.82, 2.24) is 10.2 Å². The van der Waals surface area contributed by atoms with Gasteiger partial charge in [0.25, 0.3) is 5.91 Å². The maximum Gasteiger partial charge on any atom is 0.251 e. The highest BCUT2D eigenvalue weighted by Crippen LogP contribution is 2.33. The summed E-state index contributed by atoms with van der Waals surface area (Å²) in [6.45, 7) is 2.60. The number of rotatable bonds is 5. The standard InChI is InChI=1S/C21H24N2O3/c1-15-7-3-4-10-18(15)21(25)22-14-20(24)23-12-6-11-19(23)16-8-5-9-17(13-16)26-2/h3-5,7-10,13,19H,6,11-12,14H2,1-2H3,(H,22,25). The van der Waals surface area contributed by atoms with Crippen molar-refractivity contribution >= 4 is 11.8 Å². The molecule has 1 atom stereocenters. The minimum absolute atomic E-state index is 0.00758. The van der Waals surface area contributed by atoms with Crippen molar-refractivity contribution < 1.29 is 14.3 Å². The summed E-state index contributed by atoms with van der Waals surface area (Å²) in [7, 11) is 1.64. The lowest BCUT2D eigenvalue weighted by atomic mass is 10.0. The Labute approximate surface area is 154 Å². The molecule has 0 aliphatic carbocycles. The molecule has 1 saturated heterocycles. The number of hydrogen-bond donors (Lipinski definition) is 1. The average Bonchev–Trinajstić information content (AvgIpc) is 3.16. The molecule has 1 unspecified atom stereocenters. The van der Waals surface area contributed by atoms with E-state index >= 15 is 0 Å². The number of nitrogens with zero attached hydrogens (tertiary/aromatic N) is 1. The fourth-order valence-electron chi connectivity index (χ4n) is 3.44. The number of aryl methyl sites for hydroxylation is 1. The van der Waals surface area contributed by atoms with E-state index in [1.54, 1.807) is 13.2 Å². The van der Waals surface area contributed by atoms with Crippen LogP contribution in [0.25, 0.3) is 0 Å². The van der Waals surface area contributed by atoms with Crippen molar-refractivity contribution in [3.8, 4) is 5.75 Å². The highest BCUT2D eigenvalue weighted by atomic mass is 16.5. The second-order valence-corrected chi connectivity index (χ2v) is 6.52. The van der Waals surface area contributed by atoms with Crippen molar-refractivity contribution in [2.75, 3.05) is 20.2 Å². The highest BCUT2D eigenvalue weighted by molar-refractivity contribution is 5.97. The molecular formula is C21H24N2O3. The molecule has 5 heteroatoms. The van der Waals surface area contributed by atoms with Crippen LogP contribution < -0.4 is 10.1 Å². The van der Waals surface area contributed by atoms with Crippen LogP contribution in [0.1, 0.15) is 40.4 Å². The second-order valence-electron chi connectivity index (χ2n) is 6.52. The van der Waals surface area contributed by atoms with E-state index in [9.17, 15) is 9.59 Å². The zero-order valence-corrected chi connectivity index (χ0v) is 15.2. The summed E-state index contributed by atoms with van der Waals surface area (Å²) >= 11 is 0. The summed E-state index contributed by atoms with van der Waals surface area (Å²) in [5.74, 6) is 0.514. The third-order valence-electron chi connectivity index (χ3n) is 4.84. The third kappa shape index (κ3) is 3.87. The summed E-state index contributed by atoms with van der Waals surface area (Å²) in [6.07, 6.45) is 1.88. The number of carbonyl (C=O) groups is 2. The van der Waals surface area contributed by atoms with Gasteiger partial charge in [0.2, 0.25) is 5.91 Å². The van der Waals surface area contributed by atoms with Gasteiger partial charge in [-0.15, -0.1) is 0 Å². The topological polar surface area (TPSA) is 58.6 Å². The molecule has 0 saturated carbocycles. The zero-order valence-electron chi connectivity index (χ0n) is 15.2. The molecule has 0 aromatic heterocycles. The van der Waals surface area contributed by atoms with Gasteiger partial charge in [0.05, 0.1) is 19.7 Å². The predicted octanol–water partition coefficient (Wildman–Crippen LogP) is 3.10. The number of amides is 2. The van der Waals surface area contributed by atoms with Crippen LogP contribution in [-0.2, 0) is 4.79 Å². The molecule has 2 amide bonds. The molecular weight excluding hydrogens is 328 g/mol. The molecule has 0 radical (unpaired) electrons. The van der Waals surface area contributed by atoms with Crippen LogP contribution in [0, 0.1) is 6.92 Å². The Bertz CT molecular complexity index is 803. The molecule has 1 heterocycles. The SMILES string of the molecule is COc1cccc(C2CCCN2C(=O)CNC(=O)c2ccccc2C)c1. The third-order valence-corrected chi connectivity index (χ3v) is 4.84. The Balaban J connectivity index is 1.65. The Hall–Kier alpha value is -2.82. The van der Waals surface area contributed by atoms with Crippen LogP contribution in [-0.4, -0.2) is 36.9 Å². The van der Waals surface area contributed by atoms with E-state index in [1.807, 2.05) is 54.3 Å². The number of methoxy groups -OCH3 is 1. The quantitative estimate of drug-likeness (QED) is 0.900. The fourth-order valence-corrected chi connectivity index (χ4v) is 3.44. The summed E-state index contributed by atoms with van der Waals surface area (Å²) in [6, 6.07) is 15.2. The van der Waals surface area contributed by atoms with Crippen LogP contribution in [0.5, 0.6) is 5.75 Å². The van der Waals surface area contributed by atoms with Crippen LogP contribution in [0.2, 0.25) is 0 Å². The van der Waals surface area contributed by atoms with Crippen molar-refractivity contribution in [3.63, 3.8) is 0 Å². The molecule has 2 aromatic rings. The van der Waals surface area contributed by atoms with E-state index < -0.39 is 0 Å². The number of carbonyl (C=O) groups excluding carboxylic acids is 2. The molecule has 26 heavy (non-hydrogen) atoms. The maximum atomic E-state index is 12.7. The second kappa shape index (κ2) is 8.04. The fraction of sp³-hybridized carbons (Fsp3) is 0.333. The zero-order chi connectivity index (χ0) is 18.5. The monoisotopic (exact) mass is 352 g/mol. The van der Waals surface area contributed by atoms with Gasteiger partial charge in [0, 0.05) is 12.1 Å². The lowest BCUT2D eigenvalue weighted by Gasteiger charge is -2.25. The van der Waals surface area contributed by atoms with Crippen molar-refractivity contribution in [1.29, 1.82) is 0 Å². The smallest absolute Gasteiger partial charge is 0.251 e. The lowest BCUT2D eigenvalue weighted by Crippen LogP contribution is -2.40. The van der Waals surface area contributed by atoms with Gasteiger partial charge in [0.1, 0.15) is 5.75 Å². The summed E-state index contributed by atoms with van der Waals surface area (Å²) in [4.78, 5) is 26.9. The van der Waals surface area contributed by atoms with E-state index in [-0.39, 0.29) is 24.4 Å². The first kappa shape index (κ1) is 18.0. The number of ether oxygens (including phenoxy) is 1. The van der Waals surface area contributed by atoms with Gasteiger partial charge in [0.15, 0.2) is 0 Å². The first-order valence-corrected chi connectivity index (χ1v) is 8.87. The normalized spacial score (nSPS) is 16.4. The molecule has 0 spiro atoms. The summed E-state index contributed by atoms with van der Waals surface area (Å²) in [5.41, 5.74) is 2.57. The van der Waals surface area contributed by atoms with Gasteiger partial charge in [-0.2, -0.15) is 0 Å². The van der Waals surface area contributed by atoms with E-state index in [0.29, 0.717) is 12.1 Å². The van der Waals surface area contributed by atoms with Crippen molar-refractivity contribution in [2.24, 2.45) is 0 Å². The van der Waals surface area contributed by atoms with Crippen LogP contribution in [0.3, 0.4) is 0 Å². The number of hydrogen-bond acceptors (Lipinski definition) is 3. The lowest BCUT2D eigenvalue weighted by molar-refractivity contribution is -0.131. The minimum Gasteiger partial charge on any atom is -0.497 e. The van der Waals surface area contributed by atoms with Crippen LogP contribution in [0.15, 0.2) is 48.5 Å². The first-order valence-electron chi connectivity index (χ1n) is 8.87. The maximum absolute atomic E-state index is 12.7. The first-order chi connectivity index (χ1) is 12.6. The van der Waals surface area contributed by atoms with Gasteiger partial charge >= 0.3 is 0 Å². The molecule has 0 bridgehead atoms. The molecule has 1 aliphatic heterocycles. The largest absolute Gasteiger partial charge is 0.497 e. The Kier molecular flexibility index (Phi) is 5.56. The van der Waals surface area contributed by atoms with E-state index in [4.69, 9.17) is 4.74 Å². The van der Waals surface area contributed by atoms with Gasteiger partial charge in [-0.25, -0.2) is 0 Å². The molecule has 136 valence electrons. The molecule has 1 aliphatic rings. The molecule has 3 rings (SSSR count).